The van der Waals surface area contributed by atoms with Crippen molar-refractivity contribution in [2.75, 3.05) is 6.61 Å². The summed E-state index contributed by atoms with van der Waals surface area (Å²) in [5.41, 5.74) is 0. The highest BCUT2D eigenvalue weighted by Crippen LogP contribution is 2.14. The Labute approximate surface area is 142 Å². The number of hydrogen-bond donors (Lipinski definition) is 4. The van der Waals surface area contributed by atoms with E-state index in [0.717, 1.165) is 51.4 Å². The summed E-state index contributed by atoms with van der Waals surface area (Å²) in [6, 6.07) is 0. The minimum atomic E-state index is -1.14. The van der Waals surface area contributed by atoms with E-state index in [9.17, 15) is 5.11 Å². The van der Waals surface area contributed by atoms with Gasteiger partial charge in [0.2, 0.25) is 0 Å². The van der Waals surface area contributed by atoms with Gasteiger partial charge >= 0.3 is 0 Å². The van der Waals surface area contributed by atoms with E-state index < -0.39 is 6.29 Å². The van der Waals surface area contributed by atoms with Crippen molar-refractivity contribution < 1.29 is 20.4 Å². The minimum Gasteiger partial charge on any atom is -0.396 e. The Morgan fingerprint density at radius 3 is 1.17 bits per heavy atom. The van der Waals surface area contributed by atoms with Crippen molar-refractivity contribution in [2.24, 2.45) is 0 Å². The summed E-state index contributed by atoms with van der Waals surface area (Å²) in [4.78, 5) is 0. The molecule has 23 heavy (non-hydrogen) atoms. The number of unbranched alkanes of at least 4 members (excludes halogenated alkanes) is 11. The number of aliphatic hydroxyl groups excluding tert-OH is 3. The zero-order valence-corrected chi connectivity index (χ0v) is 15.0. The van der Waals surface area contributed by atoms with Crippen molar-refractivity contribution in [3.05, 3.63) is 0 Å². The topological polar surface area (TPSA) is 80.9 Å². The van der Waals surface area contributed by atoms with Crippen molar-refractivity contribution in [1.29, 1.82) is 0 Å². The molecule has 0 saturated heterocycles. The third-order valence-corrected chi connectivity index (χ3v) is 4.45. The molecule has 1 atom stereocenters. The molecule has 0 aromatic rings. The fourth-order valence-electron chi connectivity index (χ4n) is 2.93. The van der Waals surface area contributed by atoms with E-state index in [-0.39, 0.29) is 6.10 Å². The highest BCUT2D eigenvalue weighted by Gasteiger charge is 2.03. The Bertz CT molecular complexity index is 221. The van der Waals surface area contributed by atoms with Crippen molar-refractivity contribution in [3.63, 3.8) is 0 Å². The summed E-state index contributed by atoms with van der Waals surface area (Å²) in [6.45, 7) is 0.310. The Morgan fingerprint density at radius 2 is 0.783 bits per heavy atom. The van der Waals surface area contributed by atoms with E-state index in [1.165, 1.54) is 44.9 Å². The maximum absolute atomic E-state index is 9.93. The molecule has 0 aliphatic rings. The second-order valence-corrected chi connectivity index (χ2v) is 6.82. The second-order valence-electron chi connectivity index (χ2n) is 6.82. The van der Waals surface area contributed by atoms with Crippen molar-refractivity contribution in [2.45, 2.75) is 115 Å². The van der Waals surface area contributed by atoms with Gasteiger partial charge in [-0.25, -0.2) is 0 Å². The van der Waals surface area contributed by atoms with Crippen LogP contribution in [-0.2, 0) is 0 Å². The van der Waals surface area contributed by atoms with Gasteiger partial charge in [-0.2, -0.15) is 0 Å². The molecule has 4 heteroatoms. The first-order valence-corrected chi connectivity index (χ1v) is 9.82. The van der Waals surface area contributed by atoms with Crippen LogP contribution < -0.4 is 0 Å². The fraction of sp³-hybridized carbons (Fsp3) is 1.00. The van der Waals surface area contributed by atoms with E-state index >= 15 is 0 Å². The molecule has 0 saturated carbocycles. The van der Waals surface area contributed by atoms with Crippen LogP contribution in [0.15, 0.2) is 0 Å². The summed E-state index contributed by atoms with van der Waals surface area (Å²) in [5.74, 6) is 0. The molecule has 0 aromatic heterocycles. The summed E-state index contributed by atoms with van der Waals surface area (Å²) >= 11 is 0. The number of aliphatic hydroxyl groups is 4. The van der Waals surface area contributed by atoms with Crippen LogP contribution in [0.5, 0.6) is 0 Å². The molecule has 0 aliphatic heterocycles. The molecule has 140 valence electrons. The highest BCUT2D eigenvalue weighted by molar-refractivity contribution is 4.57. The first-order chi connectivity index (χ1) is 11.2. The lowest BCUT2D eigenvalue weighted by Crippen LogP contribution is -2.05. The number of hydrogen-bond acceptors (Lipinski definition) is 4. The van der Waals surface area contributed by atoms with Gasteiger partial charge in [0, 0.05) is 6.61 Å². The van der Waals surface area contributed by atoms with E-state index in [2.05, 4.69) is 0 Å². The molecule has 0 bridgehead atoms. The predicted molar refractivity (Wildman–Crippen MR) is 95.2 cm³/mol. The molecule has 0 rings (SSSR count). The molecule has 0 heterocycles. The molecular formula is C19H40O4. The maximum Gasteiger partial charge on any atom is 0.151 e. The van der Waals surface area contributed by atoms with Gasteiger partial charge in [-0.15, -0.1) is 0 Å². The highest BCUT2D eigenvalue weighted by atomic mass is 16.5. The Morgan fingerprint density at radius 1 is 0.435 bits per heavy atom. The predicted octanol–water partition coefficient (Wildman–Crippen LogP) is 3.89. The lowest BCUT2D eigenvalue weighted by molar-refractivity contribution is -0.0466. The summed E-state index contributed by atoms with van der Waals surface area (Å²) in [6.07, 6.45) is 15.8. The van der Waals surface area contributed by atoms with Gasteiger partial charge in [0.1, 0.15) is 0 Å². The molecule has 0 spiro atoms. The smallest absolute Gasteiger partial charge is 0.151 e. The summed E-state index contributed by atoms with van der Waals surface area (Å²) in [5, 5.41) is 36.1. The van der Waals surface area contributed by atoms with Crippen LogP contribution in [0.25, 0.3) is 0 Å². The molecular weight excluding hydrogens is 292 g/mol. The average molecular weight is 333 g/mol. The summed E-state index contributed by atoms with van der Waals surface area (Å²) < 4.78 is 0. The molecule has 0 aromatic carbocycles. The Hall–Kier alpha value is -0.160. The summed E-state index contributed by atoms with van der Waals surface area (Å²) in [7, 11) is 0. The Balaban J connectivity index is 3.14. The van der Waals surface area contributed by atoms with Crippen LogP contribution in [0.4, 0.5) is 0 Å². The first kappa shape index (κ1) is 22.8. The monoisotopic (exact) mass is 332 g/mol. The lowest BCUT2D eigenvalue weighted by atomic mass is 10.0. The zero-order valence-electron chi connectivity index (χ0n) is 15.0. The molecule has 0 radical (unpaired) electrons. The normalized spacial score (nSPS) is 12.9. The van der Waals surface area contributed by atoms with Crippen molar-refractivity contribution in [1.82, 2.24) is 0 Å². The van der Waals surface area contributed by atoms with E-state index in [1.54, 1.807) is 0 Å². The average Bonchev–Trinajstić information content (AvgIpc) is 2.52. The van der Waals surface area contributed by atoms with Gasteiger partial charge in [-0.05, 0) is 32.1 Å². The standard InChI is InChI=1S/C19H40O4/c20-17-13-9-5-4-7-11-15-18(21)14-10-6-2-1-3-8-12-16-19(22)23/h18-23H,1-17H2. The van der Waals surface area contributed by atoms with Gasteiger partial charge in [0.15, 0.2) is 6.29 Å². The van der Waals surface area contributed by atoms with Crippen LogP contribution in [0.3, 0.4) is 0 Å². The van der Waals surface area contributed by atoms with E-state index in [0.29, 0.717) is 13.0 Å². The Kier molecular flexibility index (Phi) is 18.1. The van der Waals surface area contributed by atoms with Crippen molar-refractivity contribution >= 4 is 0 Å². The SMILES string of the molecule is OCCCCCCCCC(O)CCCCCCCCCC(O)O. The van der Waals surface area contributed by atoms with Gasteiger partial charge in [-0.1, -0.05) is 70.6 Å². The minimum absolute atomic E-state index is 0.126. The van der Waals surface area contributed by atoms with Crippen LogP contribution in [0, 0.1) is 0 Å². The van der Waals surface area contributed by atoms with Crippen LogP contribution in [0.2, 0.25) is 0 Å². The maximum atomic E-state index is 9.93. The third kappa shape index (κ3) is 19.8. The molecule has 4 N–H and O–H groups in total. The molecule has 0 amide bonds. The van der Waals surface area contributed by atoms with Gasteiger partial charge in [-0.3, -0.25) is 0 Å². The van der Waals surface area contributed by atoms with Gasteiger partial charge in [0.25, 0.3) is 0 Å². The molecule has 1 unspecified atom stereocenters. The molecule has 0 fully saturated rings. The fourth-order valence-corrected chi connectivity index (χ4v) is 2.93. The van der Waals surface area contributed by atoms with Gasteiger partial charge < -0.3 is 20.4 Å². The van der Waals surface area contributed by atoms with Crippen molar-refractivity contribution in [3.8, 4) is 0 Å². The van der Waals surface area contributed by atoms with E-state index in [1.807, 2.05) is 0 Å². The largest absolute Gasteiger partial charge is 0.396 e. The third-order valence-electron chi connectivity index (χ3n) is 4.45. The van der Waals surface area contributed by atoms with Crippen LogP contribution >= 0.6 is 0 Å². The molecule has 4 nitrogen and oxygen atoms in total. The van der Waals surface area contributed by atoms with Gasteiger partial charge in [0.05, 0.1) is 6.10 Å². The molecule has 0 aliphatic carbocycles. The lowest BCUT2D eigenvalue weighted by Gasteiger charge is -2.10. The second kappa shape index (κ2) is 18.2. The van der Waals surface area contributed by atoms with Crippen LogP contribution in [-0.4, -0.2) is 39.4 Å². The first-order valence-electron chi connectivity index (χ1n) is 9.82. The van der Waals surface area contributed by atoms with Crippen LogP contribution in [0.1, 0.15) is 103 Å². The van der Waals surface area contributed by atoms with E-state index in [4.69, 9.17) is 15.3 Å². The zero-order chi connectivity index (χ0) is 17.2. The number of rotatable bonds is 18. The quantitative estimate of drug-likeness (QED) is 0.227.